The van der Waals surface area contributed by atoms with Gasteiger partial charge in [-0.2, -0.15) is 5.10 Å². The zero-order valence-electron chi connectivity index (χ0n) is 11.8. The maximum Gasteiger partial charge on any atom is 0.149 e. The number of aryl methyl sites for hydroxylation is 4. The third kappa shape index (κ3) is 3.47. The molecule has 0 saturated carbocycles. The summed E-state index contributed by atoms with van der Waals surface area (Å²) < 4.78 is 2.03. The van der Waals surface area contributed by atoms with Gasteiger partial charge in [-0.3, -0.25) is 4.68 Å². The molecule has 0 radical (unpaired) electrons. The number of nitrogen functional groups attached to an aromatic ring is 1. The normalized spacial score (nSPS) is 10.7. The van der Waals surface area contributed by atoms with Gasteiger partial charge in [0.15, 0.2) is 0 Å². The minimum Gasteiger partial charge on any atom is -0.396 e. The highest BCUT2D eigenvalue weighted by atomic mass is 15.3. The second-order valence-electron chi connectivity index (χ2n) is 4.82. The summed E-state index contributed by atoms with van der Waals surface area (Å²) in [5.74, 6) is 0.772. The molecule has 0 aliphatic heterocycles. The van der Waals surface area contributed by atoms with Gasteiger partial charge >= 0.3 is 0 Å². The summed E-state index contributed by atoms with van der Waals surface area (Å²) >= 11 is 0. The summed E-state index contributed by atoms with van der Waals surface area (Å²) in [6.45, 7) is 7.78. The van der Waals surface area contributed by atoms with Crippen LogP contribution in [0.4, 0.5) is 11.5 Å². The predicted molar refractivity (Wildman–Crippen MR) is 78.2 cm³/mol. The quantitative estimate of drug-likeness (QED) is 0.808. The van der Waals surface area contributed by atoms with Crippen molar-refractivity contribution < 1.29 is 0 Å². The first-order valence-electron chi connectivity index (χ1n) is 6.54. The van der Waals surface area contributed by atoms with E-state index in [1.807, 2.05) is 30.7 Å². The van der Waals surface area contributed by atoms with E-state index < -0.39 is 0 Å². The van der Waals surface area contributed by atoms with Crippen molar-refractivity contribution in [3.8, 4) is 0 Å². The van der Waals surface area contributed by atoms with Crippen molar-refractivity contribution in [3.05, 3.63) is 35.3 Å². The Labute approximate surface area is 113 Å². The summed E-state index contributed by atoms with van der Waals surface area (Å²) in [6.07, 6.45) is 0.983. The summed E-state index contributed by atoms with van der Waals surface area (Å²) in [5.41, 5.74) is 9.79. The van der Waals surface area contributed by atoms with E-state index in [9.17, 15) is 0 Å². The maximum atomic E-state index is 5.87. The number of nitrogens with one attached hydrogen (secondary N) is 1. The molecular weight excluding hydrogens is 238 g/mol. The minimum atomic E-state index is 0.691. The first-order valence-corrected chi connectivity index (χ1v) is 6.54. The third-order valence-corrected chi connectivity index (χ3v) is 3.01. The average Bonchev–Trinajstić information content (AvgIpc) is 2.67. The van der Waals surface area contributed by atoms with Crippen molar-refractivity contribution in [2.75, 3.05) is 17.6 Å². The van der Waals surface area contributed by atoms with E-state index in [-0.39, 0.29) is 0 Å². The lowest BCUT2D eigenvalue weighted by atomic mass is 10.3. The molecule has 3 N–H and O–H groups in total. The molecule has 0 atom stereocenters. The van der Waals surface area contributed by atoms with Gasteiger partial charge in [-0.25, -0.2) is 4.98 Å². The number of rotatable bonds is 5. The monoisotopic (exact) mass is 259 g/mol. The molecule has 2 aromatic rings. The van der Waals surface area contributed by atoms with E-state index in [1.54, 1.807) is 0 Å². The molecule has 0 aromatic carbocycles. The van der Waals surface area contributed by atoms with Gasteiger partial charge < -0.3 is 11.1 Å². The standard InChI is InChI=1S/C14H21N5/c1-10-5-6-13(15)14(17-10)16-7-4-8-19-12(3)9-11(2)18-19/h5-6,9H,4,7-8,15H2,1-3H3,(H,16,17). The van der Waals surface area contributed by atoms with Crippen LogP contribution >= 0.6 is 0 Å². The maximum absolute atomic E-state index is 5.87. The molecule has 5 heteroatoms. The number of nitrogens with two attached hydrogens (primary N) is 1. The largest absolute Gasteiger partial charge is 0.396 e. The van der Waals surface area contributed by atoms with Crippen LogP contribution in [-0.2, 0) is 6.54 Å². The van der Waals surface area contributed by atoms with Gasteiger partial charge in [-0.05, 0) is 45.4 Å². The average molecular weight is 259 g/mol. The fourth-order valence-corrected chi connectivity index (χ4v) is 2.05. The van der Waals surface area contributed by atoms with Crippen molar-refractivity contribution >= 4 is 11.5 Å². The number of aromatic nitrogens is 3. The van der Waals surface area contributed by atoms with E-state index in [1.165, 1.54) is 5.69 Å². The van der Waals surface area contributed by atoms with Crippen molar-refractivity contribution in [2.24, 2.45) is 0 Å². The van der Waals surface area contributed by atoms with Crippen LogP contribution in [0.3, 0.4) is 0 Å². The summed E-state index contributed by atoms with van der Waals surface area (Å²) in [6, 6.07) is 5.88. The van der Waals surface area contributed by atoms with Crippen LogP contribution in [0.2, 0.25) is 0 Å². The number of hydrogen-bond acceptors (Lipinski definition) is 4. The van der Waals surface area contributed by atoms with Gasteiger partial charge in [-0.15, -0.1) is 0 Å². The first kappa shape index (κ1) is 13.4. The van der Waals surface area contributed by atoms with Gasteiger partial charge in [0.1, 0.15) is 5.82 Å². The molecule has 0 fully saturated rings. The molecule has 5 nitrogen and oxygen atoms in total. The van der Waals surface area contributed by atoms with E-state index >= 15 is 0 Å². The van der Waals surface area contributed by atoms with E-state index in [4.69, 9.17) is 5.73 Å². The summed E-state index contributed by atoms with van der Waals surface area (Å²) in [4.78, 5) is 4.38. The van der Waals surface area contributed by atoms with Gasteiger partial charge in [0.25, 0.3) is 0 Å². The molecule has 2 rings (SSSR count). The highest BCUT2D eigenvalue weighted by molar-refractivity contribution is 5.61. The Morgan fingerprint density at radius 1 is 1.21 bits per heavy atom. The lowest BCUT2D eigenvalue weighted by Gasteiger charge is -2.09. The molecule has 0 spiro atoms. The Bertz CT molecular complexity index is 559. The molecule has 0 saturated heterocycles. The van der Waals surface area contributed by atoms with Crippen LogP contribution in [0.15, 0.2) is 18.2 Å². The highest BCUT2D eigenvalue weighted by Gasteiger charge is 2.02. The fraction of sp³-hybridized carbons (Fsp3) is 0.429. The smallest absolute Gasteiger partial charge is 0.149 e. The molecule has 0 unspecified atom stereocenters. The Morgan fingerprint density at radius 2 is 2.00 bits per heavy atom. The summed E-state index contributed by atoms with van der Waals surface area (Å²) in [7, 11) is 0. The Hall–Kier alpha value is -2.04. The SMILES string of the molecule is Cc1ccc(N)c(NCCCn2nc(C)cc2C)n1. The Balaban J connectivity index is 1.84. The van der Waals surface area contributed by atoms with Gasteiger partial charge in [0.05, 0.1) is 11.4 Å². The fourth-order valence-electron chi connectivity index (χ4n) is 2.05. The minimum absolute atomic E-state index is 0.691. The number of hydrogen-bond donors (Lipinski definition) is 2. The number of pyridine rings is 1. The van der Waals surface area contributed by atoms with E-state index in [0.717, 1.165) is 36.7 Å². The highest BCUT2D eigenvalue weighted by Crippen LogP contribution is 2.15. The molecule has 0 aliphatic rings. The van der Waals surface area contributed by atoms with Gasteiger partial charge in [-0.1, -0.05) is 0 Å². The van der Waals surface area contributed by atoms with E-state index in [2.05, 4.69) is 28.4 Å². The first-order chi connectivity index (χ1) is 9.06. The van der Waals surface area contributed by atoms with Crippen LogP contribution < -0.4 is 11.1 Å². The lowest BCUT2D eigenvalue weighted by molar-refractivity contribution is 0.573. The molecular formula is C14H21N5. The van der Waals surface area contributed by atoms with Crippen LogP contribution in [-0.4, -0.2) is 21.3 Å². The zero-order valence-corrected chi connectivity index (χ0v) is 11.8. The predicted octanol–water partition coefficient (Wildman–Crippen LogP) is 2.29. The van der Waals surface area contributed by atoms with Crippen LogP contribution in [0.5, 0.6) is 0 Å². The molecule has 2 aromatic heterocycles. The third-order valence-electron chi connectivity index (χ3n) is 3.01. The van der Waals surface area contributed by atoms with Crippen LogP contribution in [0, 0.1) is 20.8 Å². The van der Waals surface area contributed by atoms with Crippen molar-refractivity contribution in [1.82, 2.24) is 14.8 Å². The molecule has 0 amide bonds. The van der Waals surface area contributed by atoms with Crippen molar-refractivity contribution in [1.29, 1.82) is 0 Å². The van der Waals surface area contributed by atoms with Crippen molar-refractivity contribution in [3.63, 3.8) is 0 Å². The second kappa shape index (κ2) is 5.73. The topological polar surface area (TPSA) is 68.8 Å². The van der Waals surface area contributed by atoms with Crippen LogP contribution in [0.1, 0.15) is 23.5 Å². The summed E-state index contributed by atoms with van der Waals surface area (Å²) in [5, 5.41) is 7.71. The zero-order chi connectivity index (χ0) is 13.8. The molecule has 19 heavy (non-hydrogen) atoms. The van der Waals surface area contributed by atoms with Gasteiger partial charge in [0.2, 0.25) is 0 Å². The van der Waals surface area contributed by atoms with Crippen LogP contribution in [0.25, 0.3) is 0 Å². The molecule has 0 bridgehead atoms. The van der Waals surface area contributed by atoms with Gasteiger partial charge in [0, 0.05) is 24.5 Å². The Morgan fingerprint density at radius 3 is 2.68 bits per heavy atom. The number of nitrogens with zero attached hydrogens (tertiary/aromatic N) is 3. The van der Waals surface area contributed by atoms with Crippen molar-refractivity contribution in [2.45, 2.75) is 33.7 Å². The lowest BCUT2D eigenvalue weighted by Crippen LogP contribution is -2.11. The molecule has 2 heterocycles. The number of anilines is 2. The second-order valence-corrected chi connectivity index (χ2v) is 4.82. The Kier molecular flexibility index (Phi) is 4.04. The van der Waals surface area contributed by atoms with E-state index in [0.29, 0.717) is 5.69 Å². The molecule has 102 valence electrons. The molecule has 0 aliphatic carbocycles.